The predicted octanol–water partition coefficient (Wildman–Crippen LogP) is 2.54. The zero-order valence-electron chi connectivity index (χ0n) is 12.0. The van der Waals surface area contributed by atoms with Gasteiger partial charge in [0.25, 0.3) is 5.91 Å². The first-order chi connectivity index (χ1) is 10.1. The summed E-state index contributed by atoms with van der Waals surface area (Å²) in [5.41, 5.74) is 1.13. The van der Waals surface area contributed by atoms with Gasteiger partial charge in [0.15, 0.2) is 0 Å². The Morgan fingerprint density at radius 1 is 1.33 bits per heavy atom. The number of ether oxygens (including phenoxy) is 1. The molecule has 2 aromatic rings. The fraction of sp³-hybridized carbons (Fsp3) is 0.250. The zero-order chi connectivity index (χ0) is 15.2. The first kappa shape index (κ1) is 15.0. The van der Waals surface area contributed by atoms with Gasteiger partial charge in [-0.25, -0.2) is 4.39 Å². The molecule has 21 heavy (non-hydrogen) atoms. The minimum atomic E-state index is -0.461. The number of hydrogen-bond acceptors (Lipinski definition) is 3. The Morgan fingerprint density at radius 3 is 2.81 bits per heavy atom. The standard InChI is InChI=1S/C16H17FN2O2/c1-19(10-8-13-5-3-4-9-18-13)16(20)14-11-12(17)6-7-15(14)21-2/h3-7,9,11H,8,10H2,1-2H3. The highest BCUT2D eigenvalue weighted by atomic mass is 19.1. The zero-order valence-corrected chi connectivity index (χ0v) is 12.0. The lowest BCUT2D eigenvalue weighted by molar-refractivity contribution is 0.0792. The van der Waals surface area contributed by atoms with E-state index >= 15 is 0 Å². The van der Waals surface area contributed by atoms with E-state index in [9.17, 15) is 9.18 Å². The summed E-state index contributed by atoms with van der Waals surface area (Å²) in [6.45, 7) is 0.496. The smallest absolute Gasteiger partial charge is 0.257 e. The average molecular weight is 288 g/mol. The van der Waals surface area contributed by atoms with E-state index in [2.05, 4.69) is 4.98 Å². The van der Waals surface area contributed by atoms with Crippen molar-refractivity contribution in [3.05, 3.63) is 59.7 Å². The van der Waals surface area contributed by atoms with Crippen LogP contribution in [0.3, 0.4) is 0 Å². The van der Waals surface area contributed by atoms with Crippen LogP contribution in [-0.2, 0) is 6.42 Å². The van der Waals surface area contributed by atoms with Crippen LogP contribution in [0.4, 0.5) is 4.39 Å². The van der Waals surface area contributed by atoms with Gasteiger partial charge in [-0.2, -0.15) is 0 Å². The van der Waals surface area contributed by atoms with Gasteiger partial charge >= 0.3 is 0 Å². The van der Waals surface area contributed by atoms with Crippen molar-refractivity contribution in [1.82, 2.24) is 9.88 Å². The maximum atomic E-state index is 13.3. The molecule has 0 saturated heterocycles. The summed E-state index contributed by atoms with van der Waals surface area (Å²) in [6, 6.07) is 9.56. The fourth-order valence-electron chi connectivity index (χ4n) is 1.98. The van der Waals surface area contributed by atoms with Crippen LogP contribution in [-0.4, -0.2) is 36.5 Å². The molecule has 0 radical (unpaired) electrons. The number of carbonyl (C=O) groups excluding carboxylic acids is 1. The monoisotopic (exact) mass is 288 g/mol. The lowest BCUT2D eigenvalue weighted by Gasteiger charge is -2.18. The molecule has 0 saturated carbocycles. The molecule has 0 aliphatic heterocycles. The second-order valence-electron chi connectivity index (χ2n) is 4.64. The number of hydrogen-bond donors (Lipinski definition) is 0. The van der Waals surface area contributed by atoms with E-state index in [4.69, 9.17) is 4.74 Å². The van der Waals surface area contributed by atoms with Crippen LogP contribution in [0.15, 0.2) is 42.6 Å². The normalized spacial score (nSPS) is 10.2. The number of methoxy groups -OCH3 is 1. The highest BCUT2D eigenvalue weighted by molar-refractivity contribution is 5.96. The maximum Gasteiger partial charge on any atom is 0.257 e. The molecule has 0 unspecified atom stereocenters. The summed E-state index contributed by atoms with van der Waals surface area (Å²) >= 11 is 0. The van der Waals surface area contributed by atoms with E-state index in [1.807, 2.05) is 18.2 Å². The molecule has 1 heterocycles. The van der Waals surface area contributed by atoms with Crippen LogP contribution < -0.4 is 4.74 Å². The second kappa shape index (κ2) is 6.83. The van der Waals surface area contributed by atoms with Crippen molar-refractivity contribution in [2.24, 2.45) is 0 Å². The Bertz CT molecular complexity index is 617. The van der Waals surface area contributed by atoms with E-state index < -0.39 is 5.82 Å². The summed E-state index contributed by atoms with van der Waals surface area (Å²) in [5, 5.41) is 0. The van der Waals surface area contributed by atoms with Gasteiger partial charge in [0.2, 0.25) is 0 Å². The van der Waals surface area contributed by atoms with E-state index in [-0.39, 0.29) is 11.5 Å². The number of nitrogens with zero attached hydrogens (tertiary/aromatic N) is 2. The van der Waals surface area contributed by atoms with Crippen LogP contribution in [0.1, 0.15) is 16.1 Å². The minimum absolute atomic E-state index is 0.223. The van der Waals surface area contributed by atoms with Gasteiger partial charge < -0.3 is 9.64 Å². The number of aromatic nitrogens is 1. The quantitative estimate of drug-likeness (QED) is 0.849. The van der Waals surface area contributed by atoms with Crippen LogP contribution in [0, 0.1) is 5.82 Å². The molecule has 0 aliphatic rings. The first-order valence-corrected chi connectivity index (χ1v) is 6.60. The molecule has 0 fully saturated rings. The molecular formula is C16H17FN2O2. The molecule has 0 aliphatic carbocycles. The Kier molecular flexibility index (Phi) is 4.87. The lowest BCUT2D eigenvalue weighted by Crippen LogP contribution is -2.29. The van der Waals surface area contributed by atoms with Gasteiger partial charge in [-0.15, -0.1) is 0 Å². The van der Waals surface area contributed by atoms with Crippen LogP contribution >= 0.6 is 0 Å². The van der Waals surface area contributed by atoms with Gasteiger partial charge in [-0.1, -0.05) is 6.07 Å². The van der Waals surface area contributed by atoms with E-state index in [0.29, 0.717) is 18.7 Å². The van der Waals surface area contributed by atoms with Crippen molar-refractivity contribution in [2.75, 3.05) is 20.7 Å². The maximum absolute atomic E-state index is 13.3. The van der Waals surface area contributed by atoms with E-state index in [0.717, 1.165) is 5.69 Å². The summed E-state index contributed by atoms with van der Waals surface area (Å²) in [6.07, 6.45) is 2.35. The molecule has 1 aromatic carbocycles. The Labute approximate surface area is 123 Å². The molecule has 0 bridgehead atoms. The fourth-order valence-corrected chi connectivity index (χ4v) is 1.98. The topological polar surface area (TPSA) is 42.4 Å². The Hall–Kier alpha value is -2.43. The number of amides is 1. The predicted molar refractivity (Wildman–Crippen MR) is 77.9 cm³/mol. The van der Waals surface area contributed by atoms with Gasteiger partial charge in [0.1, 0.15) is 11.6 Å². The molecule has 5 heteroatoms. The third kappa shape index (κ3) is 3.78. The van der Waals surface area contributed by atoms with Gasteiger partial charge in [-0.05, 0) is 30.3 Å². The summed E-state index contributed by atoms with van der Waals surface area (Å²) in [4.78, 5) is 18.1. The summed E-state index contributed by atoms with van der Waals surface area (Å²) < 4.78 is 18.4. The number of likely N-dealkylation sites (N-methyl/N-ethyl adjacent to an activating group) is 1. The number of benzene rings is 1. The summed E-state index contributed by atoms with van der Waals surface area (Å²) in [5.74, 6) is -0.370. The lowest BCUT2D eigenvalue weighted by atomic mass is 10.1. The first-order valence-electron chi connectivity index (χ1n) is 6.60. The molecule has 0 atom stereocenters. The second-order valence-corrected chi connectivity index (χ2v) is 4.64. The highest BCUT2D eigenvalue weighted by Gasteiger charge is 2.17. The van der Waals surface area contributed by atoms with Crippen molar-refractivity contribution in [1.29, 1.82) is 0 Å². The Balaban J connectivity index is 2.07. The highest BCUT2D eigenvalue weighted by Crippen LogP contribution is 2.20. The van der Waals surface area contributed by atoms with Crippen molar-refractivity contribution in [3.8, 4) is 5.75 Å². The van der Waals surface area contributed by atoms with Crippen molar-refractivity contribution in [3.63, 3.8) is 0 Å². The molecule has 2 rings (SSSR count). The largest absolute Gasteiger partial charge is 0.496 e. The van der Waals surface area contributed by atoms with Crippen molar-refractivity contribution >= 4 is 5.91 Å². The van der Waals surface area contributed by atoms with Crippen LogP contribution in [0.25, 0.3) is 0 Å². The number of halogens is 1. The summed E-state index contributed by atoms with van der Waals surface area (Å²) in [7, 11) is 3.13. The molecule has 0 spiro atoms. The molecule has 4 nitrogen and oxygen atoms in total. The molecule has 0 N–H and O–H groups in total. The van der Waals surface area contributed by atoms with Crippen molar-refractivity contribution < 1.29 is 13.9 Å². The SMILES string of the molecule is COc1ccc(F)cc1C(=O)N(C)CCc1ccccn1. The average Bonchev–Trinajstić information content (AvgIpc) is 2.52. The Morgan fingerprint density at radius 2 is 2.14 bits per heavy atom. The van der Waals surface area contributed by atoms with E-state index in [1.54, 1.807) is 13.2 Å². The van der Waals surface area contributed by atoms with Gasteiger partial charge in [-0.3, -0.25) is 9.78 Å². The molecular weight excluding hydrogens is 271 g/mol. The molecule has 1 aromatic heterocycles. The van der Waals surface area contributed by atoms with E-state index in [1.165, 1.54) is 30.2 Å². The van der Waals surface area contributed by atoms with Crippen LogP contribution in [0.2, 0.25) is 0 Å². The van der Waals surface area contributed by atoms with Gasteiger partial charge in [0, 0.05) is 31.9 Å². The van der Waals surface area contributed by atoms with Crippen molar-refractivity contribution in [2.45, 2.75) is 6.42 Å². The third-order valence-electron chi connectivity index (χ3n) is 3.17. The number of carbonyl (C=O) groups is 1. The van der Waals surface area contributed by atoms with Crippen LogP contribution in [0.5, 0.6) is 5.75 Å². The number of pyridine rings is 1. The third-order valence-corrected chi connectivity index (χ3v) is 3.17. The number of rotatable bonds is 5. The molecule has 1 amide bonds. The minimum Gasteiger partial charge on any atom is -0.496 e. The van der Waals surface area contributed by atoms with Gasteiger partial charge in [0.05, 0.1) is 12.7 Å². The molecule has 110 valence electrons.